The van der Waals surface area contributed by atoms with Crippen LogP contribution >= 0.6 is 0 Å². The first-order chi connectivity index (χ1) is 6.29. The maximum absolute atomic E-state index is 11.3. The summed E-state index contributed by atoms with van der Waals surface area (Å²) >= 11 is 0. The van der Waals surface area contributed by atoms with Crippen LogP contribution < -0.4 is 5.73 Å². The Bertz CT molecular complexity index is 188. The maximum atomic E-state index is 11.3. The Labute approximate surface area is 84.2 Å². The van der Waals surface area contributed by atoms with Crippen LogP contribution in [0.4, 0.5) is 0 Å². The van der Waals surface area contributed by atoms with Gasteiger partial charge in [-0.3, -0.25) is 4.79 Å². The first kappa shape index (κ1) is 13.4. The van der Waals surface area contributed by atoms with Crippen LogP contribution in [-0.2, 0) is 14.3 Å². The third kappa shape index (κ3) is 4.55. The number of carbonyl (C=O) groups is 1. The van der Waals surface area contributed by atoms with E-state index in [1.165, 1.54) is 21.0 Å². The molecule has 1 unspecified atom stereocenters. The molecule has 14 heavy (non-hydrogen) atoms. The van der Waals surface area contributed by atoms with Gasteiger partial charge < -0.3 is 20.3 Å². The van der Waals surface area contributed by atoms with Gasteiger partial charge in [0, 0.05) is 7.11 Å². The second-order valence-electron chi connectivity index (χ2n) is 3.83. The molecule has 0 bridgehead atoms. The molecule has 5 heteroatoms. The molecule has 0 aromatic carbocycles. The van der Waals surface area contributed by atoms with Gasteiger partial charge in [-0.2, -0.15) is 0 Å². The predicted molar refractivity (Wildman–Crippen MR) is 51.7 cm³/mol. The summed E-state index contributed by atoms with van der Waals surface area (Å²) in [6.07, 6.45) is -0.360. The molecule has 0 amide bonds. The molecule has 0 saturated heterocycles. The van der Waals surface area contributed by atoms with Gasteiger partial charge >= 0.3 is 5.97 Å². The molecule has 0 aliphatic heterocycles. The molecular weight excluding hydrogens is 186 g/mol. The van der Waals surface area contributed by atoms with Gasteiger partial charge in [-0.25, -0.2) is 0 Å². The van der Waals surface area contributed by atoms with Crippen LogP contribution in [0.3, 0.4) is 0 Å². The lowest BCUT2D eigenvalue weighted by molar-refractivity contribution is -0.157. The van der Waals surface area contributed by atoms with E-state index in [0.29, 0.717) is 6.61 Å². The molecule has 0 aromatic heterocycles. The van der Waals surface area contributed by atoms with Crippen LogP contribution in [-0.4, -0.2) is 42.5 Å². The van der Waals surface area contributed by atoms with Crippen molar-refractivity contribution in [2.75, 3.05) is 13.7 Å². The number of ether oxygens (including phenoxy) is 2. The zero-order valence-electron chi connectivity index (χ0n) is 9.11. The highest BCUT2D eigenvalue weighted by atomic mass is 16.6. The van der Waals surface area contributed by atoms with Gasteiger partial charge in [0.15, 0.2) is 0 Å². The Morgan fingerprint density at radius 3 is 2.43 bits per heavy atom. The van der Waals surface area contributed by atoms with Gasteiger partial charge in [-0.05, 0) is 20.8 Å². The molecule has 5 nitrogen and oxygen atoms in total. The van der Waals surface area contributed by atoms with Crippen LogP contribution in [0.1, 0.15) is 20.8 Å². The van der Waals surface area contributed by atoms with Gasteiger partial charge in [0.2, 0.25) is 0 Å². The minimum absolute atomic E-state index is 0.310. The van der Waals surface area contributed by atoms with E-state index in [2.05, 4.69) is 0 Å². The molecule has 2 atom stereocenters. The standard InChI is InChI=1S/C9H19NO4/c1-6(5-13-4)14-8(11)7(10)9(2,3)12/h6-7,12H,5,10H2,1-4H3/t6?,7-/m1/s1. The molecular formula is C9H19NO4. The number of rotatable bonds is 5. The van der Waals surface area contributed by atoms with Crippen molar-refractivity contribution in [1.82, 2.24) is 0 Å². The first-order valence-electron chi connectivity index (χ1n) is 4.46. The molecule has 0 aliphatic carbocycles. The summed E-state index contributed by atoms with van der Waals surface area (Å²) in [6.45, 7) is 4.92. The van der Waals surface area contributed by atoms with Crippen LogP contribution in [0.2, 0.25) is 0 Å². The fourth-order valence-corrected chi connectivity index (χ4v) is 0.829. The average molecular weight is 205 g/mol. The number of aliphatic hydroxyl groups is 1. The van der Waals surface area contributed by atoms with E-state index in [4.69, 9.17) is 15.2 Å². The highest BCUT2D eigenvalue weighted by Gasteiger charge is 2.31. The van der Waals surface area contributed by atoms with E-state index in [9.17, 15) is 9.90 Å². The smallest absolute Gasteiger partial charge is 0.326 e. The average Bonchev–Trinajstić information content (AvgIpc) is 2.01. The molecule has 0 fully saturated rings. The number of nitrogens with two attached hydrogens (primary N) is 1. The Morgan fingerprint density at radius 1 is 1.57 bits per heavy atom. The zero-order valence-corrected chi connectivity index (χ0v) is 9.11. The quantitative estimate of drug-likeness (QED) is 0.600. The molecule has 0 saturated carbocycles. The van der Waals surface area contributed by atoms with E-state index in [1.807, 2.05) is 0 Å². The third-order valence-corrected chi connectivity index (χ3v) is 1.73. The maximum Gasteiger partial charge on any atom is 0.326 e. The van der Waals surface area contributed by atoms with Crippen molar-refractivity contribution in [2.24, 2.45) is 5.73 Å². The number of hydrogen-bond acceptors (Lipinski definition) is 5. The number of carbonyl (C=O) groups excluding carboxylic acids is 1. The van der Waals surface area contributed by atoms with Crippen molar-refractivity contribution in [3.05, 3.63) is 0 Å². The Hall–Kier alpha value is -0.650. The summed E-state index contributed by atoms with van der Waals surface area (Å²) in [7, 11) is 1.51. The van der Waals surface area contributed by atoms with Gasteiger partial charge in [-0.15, -0.1) is 0 Å². The molecule has 0 radical (unpaired) electrons. The number of esters is 1. The minimum atomic E-state index is -1.27. The van der Waals surface area contributed by atoms with E-state index < -0.39 is 17.6 Å². The van der Waals surface area contributed by atoms with Crippen LogP contribution in [0.15, 0.2) is 0 Å². The van der Waals surface area contributed by atoms with Gasteiger partial charge in [0.05, 0.1) is 12.2 Å². The van der Waals surface area contributed by atoms with E-state index in [0.717, 1.165) is 0 Å². The Kier molecular flexibility index (Phi) is 5.04. The Balaban J connectivity index is 4.08. The second-order valence-corrected chi connectivity index (χ2v) is 3.83. The van der Waals surface area contributed by atoms with Crippen LogP contribution in [0.25, 0.3) is 0 Å². The predicted octanol–water partition coefficient (Wildman–Crippen LogP) is -0.337. The third-order valence-electron chi connectivity index (χ3n) is 1.73. The van der Waals surface area contributed by atoms with Crippen molar-refractivity contribution in [3.8, 4) is 0 Å². The number of methoxy groups -OCH3 is 1. The fraction of sp³-hybridized carbons (Fsp3) is 0.889. The first-order valence-corrected chi connectivity index (χ1v) is 4.46. The minimum Gasteiger partial charge on any atom is -0.459 e. The lowest BCUT2D eigenvalue weighted by atomic mass is 10.0. The highest BCUT2D eigenvalue weighted by Crippen LogP contribution is 2.08. The summed E-state index contributed by atoms with van der Waals surface area (Å²) in [5.74, 6) is -0.623. The Morgan fingerprint density at radius 2 is 2.07 bits per heavy atom. The van der Waals surface area contributed by atoms with E-state index in [-0.39, 0.29) is 6.10 Å². The lowest BCUT2D eigenvalue weighted by Crippen LogP contribution is -2.50. The van der Waals surface area contributed by atoms with Gasteiger partial charge in [0.1, 0.15) is 12.1 Å². The van der Waals surface area contributed by atoms with Crippen molar-refractivity contribution in [1.29, 1.82) is 0 Å². The SMILES string of the molecule is COCC(C)OC(=O)[C@@H](N)C(C)(C)O. The molecule has 0 aliphatic rings. The summed E-state index contributed by atoms with van der Waals surface area (Å²) < 4.78 is 9.72. The molecule has 0 aromatic rings. The van der Waals surface area contributed by atoms with Gasteiger partial charge in [-0.1, -0.05) is 0 Å². The van der Waals surface area contributed by atoms with Gasteiger partial charge in [0.25, 0.3) is 0 Å². The van der Waals surface area contributed by atoms with Crippen molar-refractivity contribution in [2.45, 2.75) is 38.5 Å². The molecule has 0 heterocycles. The van der Waals surface area contributed by atoms with Crippen LogP contribution in [0.5, 0.6) is 0 Å². The van der Waals surface area contributed by atoms with Crippen LogP contribution in [0, 0.1) is 0 Å². The highest BCUT2D eigenvalue weighted by molar-refractivity contribution is 5.77. The molecule has 0 spiro atoms. The van der Waals surface area contributed by atoms with E-state index >= 15 is 0 Å². The summed E-state index contributed by atoms with van der Waals surface area (Å²) in [5, 5.41) is 9.44. The van der Waals surface area contributed by atoms with Crippen molar-refractivity contribution in [3.63, 3.8) is 0 Å². The topological polar surface area (TPSA) is 81.8 Å². The summed E-state index contributed by atoms with van der Waals surface area (Å²) in [4.78, 5) is 11.3. The number of hydrogen-bond donors (Lipinski definition) is 2. The molecule has 0 rings (SSSR count). The largest absolute Gasteiger partial charge is 0.459 e. The lowest BCUT2D eigenvalue weighted by Gasteiger charge is -2.25. The molecule has 84 valence electrons. The summed E-state index contributed by atoms with van der Waals surface area (Å²) in [6, 6.07) is -1.04. The molecule has 3 N–H and O–H groups in total. The van der Waals surface area contributed by atoms with Crippen molar-refractivity contribution >= 4 is 5.97 Å². The monoisotopic (exact) mass is 205 g/mol. The fourth-order valence-electron chi connectivity index (χ4n) is 0.829. The second kappa shape index (κ2) is 5.29. The normalized spacial score (nSPS) is 16.1. The van der Waals surface area contributed by atoms with E-state index in [1.54, 1.807) is 6.92 Å². The zero-order chi connectivity index (χ0) is 11.4. The van der Waals surface area contributed by atoms with Crippen molar-refractivity contribution < 1.29 is 19.4 Å². The summed E-state index contributed by atoms with van der Waals surface area (Å²) in [5.41, 5.74) is 4.20.